The molecule has 1 aromatic carbocycles. The minimum atomic E-state index is -0.409. The smallest absolute Gasteiger partial charge is 0.340 e. The normalized spacial score (nSPS) is 10.2. The number of rotatable bonds is 7. The average molecular weight is 376 g/mol. The van der Waals surface area contributed by atoms with Crippen LogP contribution < -0.4 is 10.6 Å². The minimum absolute atomic E-state index is 0.259. The van der Waals surface area contributed by atoms with E-state index in [1.165, 1.54) is 6.20 Å². The molecule has 2 N–H and O–H groups in total. The molecular formula is C21H20N4O3. The molecule has 7 heteroatoms. The number of nitrogens with one attached hydrogen (secondary N) is 2. The van der Waals surface area contributed by atoms with E-state index in [9.17, 15) is 9.59 Å². The van der Waals surface area contributed by atoms with Gasteiger partial charge in [-0.3, -0.25) is 14.8 Å². The van der Waals surface area contributed by atoms with Crippen molar-refractivity contribution in [2.75, 3.05) is 11.9 Å². The highest BCUT2D eigenvalue weighted by atomic mass is 16.5. The summed E-state index contributed by atoms with van der Waals surface area (Å²) >= 11 is 0. The maximum atomic E-state index is 12.4. The minimum Gasteiger partial charge on any atom is -0.462 e. The van der Waals surface area contributed by atoms with E-state index in [1.807, 2.05) is 24.3 Å². The number of nitrogens with zero attached hydrogens (tertiary/aromatic N) is 2. The van der Waals surface area contributed by atoms with E-state index in [-0.39, 0.29) is 11.6 Å². The molecular weight excluding hydrogens is 356 g/mol. The van der Waals surface area contributed by atoms with Crippen LogP contribution in [0.25, 0.3) is 0 Å². The Morgan fingerprint density at radius 3 is 2.61 bits per heavy atom. The molecule has 28 heavy (non-hydrogen) atoms. The van der Waals surface area contributed by atoms with Crippen LogP contribution in [0, 0.1) is 0 Å². The Bertz CT molecular complexity index is 961. The Balaban J connectivity index is 1.72. The van der Waals surface area contributed by atoms with Crippen LogP contribution in [-0.4, -0.2) is 28.5 Å². The quantitative estimate of drug-likeness (QED) is 0.615. The third kappa shape index (κ3) is 4.91. The van der Waals surface area contributed by atoms with Crippen LogP contribution in [0.1, 0.15) is 33.5 Å². The molecule has 0 atom stereocenters. The molecule has 0 radical (unpaired) electrons. The van der Waals surface area contributed by atoms with Gasteiger partial charge in [-0.05, 0) is 43.3 Å². The van der Waals surface area contributed by atoms with Crippen molar-refractivity contribution in [3.05, 3.63) is 83.9 Å². The van der Waals surface area contributed by atoms with Gasteiger partial charge in [0.15, 0.2) is 0 Å². The highest BCUT2D eigenvalue weighted by Crippen LogP contribution is 2.22. The first-order valence-corrected chi connectivity index (χ1v) is 8.84. The van der Waals surface area contributed by atoms with Crippen molar-refractivity contribution in [2.24, 2.45) is 0 Å². The first-order chi connectivity index (χ1) is 13.7. The molecule has 0 aliphatic rings. The Morgan fingerprint density at radius 1 is 1.00 bits per heavy atom. The second-order valence-corrected chi connectivity index (χ2v) is 5.82. The Kier molecular flexibility index (Phi) is 6.30. The van der Waals surface area contributed by atoms with E-state index in [4.69, 9.17) is 4.74 Å². The van der Waals surface area contributed by atoms with E-state index < -0.39 is 5.97 Å². The lowest BCUT2D eigenvalue weighted by atomic mass is 10.1. The first-order valence-electron chi connectivity index (χ1n) is 8.84. The Hall–Kier alpha value is -3.74. The van der Waals surface area contributed by atoms with Gasteiger partial charge in [0.05, 0.1) is 30.1 Å². The lowest BCUT2D eigenvalue weighted by Crippen LogP contribution is -2.24. The van der Waals surface area contributed by atoms with Crippen LogP contribution in [0.15, 0.2) is 67.0 Å². The van der Waals surface area contributed by atoms with Crippen molar-refractivity contribution >= 4 is 23.3 Å². The summed E-state index contributed by atoms with van der Waals surface area (Å²) in [5.41, 5.74) is 2.66. The van der Waals surface area contributed by atoms with Gasteiger partial charge in [-0.25, -0.2) is 4.79 Å². The molecule has 2 heterocycles. The SMILES string of the molecule is CCOC(=O)c1ccccc1Nc1ccnc(C(=O)NCc2ccccn2)c1. The fourth-order valence-corrected chi connectivity index (χ4v) is 2.53. The molecule has 2 aromatic heterocycles. The van der Waals surface area contributed by atoms with Crippen LogP contribution in [0.2, 0.25) is 0 Å². The molecule has 3 rings (SSSR count). The zero-order valence-electron chi connectivity index (χ0n) is 15.4. The number of pyridine rings is 2. The summed E-state index contributed by atoms with van der Waals surface area (Å²) in [4.78, 5) is 32.8. The third-order valence-corrected chi connectivity index (χ3v) is 3.85. The summed E-state index contributed by atoms with van der Waals surface area (Å²) in [6.07, 6.45) is 3.20. The lowest BCUT2D eigenvalue weighted by molar-refractivity contribution is 0.0527. The van der Waals surface area contributed by atoms with Crippen LogP contribution >= 0.6 is 0 Å². The molecule has 0 spiro atoms. The zero-order chi connectivity index (χ0) is 19.8. The number of hydrogen-bond acceptors (Lipinski definition) is 6. The monoisotopic (exact) mass is 376 g/mol. The van der Waals surface area contributed by atoms with Crippen LogP contribution in [0.4, 0.5) is 11.4 Å². The highest BCUT2D eigenvalue weighted by molar-refractivity contribution is 5.97. The van der Waals surface area contributed by atoms with Gasteiger partial charge < -0.3 is 15.4 Å². The number of carbonyl (C=O) groups excluding carboxylic acids is 2. The van der Waals surface area contributed by atoms with E-state index in [1.54, 1.807) is 43.5 Å². The van der Waals surface area contributed by atoms with Gasteiger partial charge in [0.25, 0.3) is 5.91 Å². The van der Waals surface area contributed by atoms with E-state index in [0.29, 0.717) is 30.1 Å². The van der Waals surface area contributed by atoms with Crippen molar-refractivity contribution in [3.8, 4) is 0 Å². The molecule has 142 valence electrons. The van der Waals surface area contributed by atoms with Crippen molar-refractivity contribution in [3.63, 3.8) is 0 Å². The number of esters is 1. The summed E-state index contributed by atoms with van der Waals surface area (Å²) in [5.74, 6) is -0.721. The molecule has 0 aliphatic carbocycles. The van der Waals surface area contributed by atoms with Gasteiger partial charge in [0.2, 0.25) is 0 Å². The van der Waals surface area contributed by atoms with E-state index in [2.05, 4.69) is 20.6 Å². The van der Waals surface area contributed by atoms with Gasteiger partial charge in [-0.15, -0.1) is 0 Å². The zero-order valence-corrected chi connectivity index (χ0v) is 15.4. The Labute approximate surface area is 162 Å². The van der Waals surface area contributed by atoms with Gasteiger partial charge in [-0.1, -0.05) is 18.2 Å². The number of ether oxygens (including phenoxy) is 1. The molecule has 0 bridgehead atoms. The van der Waals surface area contributed by atoms with Gasteiger partial charge in [0.1, 0.15) is 5.69 Å². The van der Waals surface area contributed by atoms with Crippen LogP contribution in [-0.2, 0) is 11.3 Å². The molecule has 1 amide bonds. The molecule has 7 nitrogen and oxygen atoms in total. The number of aromatic nitrogens is 2. The number of anilines is 2. The second-order valence-electron chi connectivity index (χ2n) is 5.82. The second kappa shape index (κ2) is 9.27. The van der Waals surface area contributed by atoms with Crippen LogP contribution in [0.5, 0.6) is 0 Å². The molecule has 3 aromatic rings. The van der Waals surface area contributed by atoms with Crippen molar-refractivity contribution in [1.29, 1.82) is 0 Å². The van der Waals surface area contributed by atoms with Crippen molar-refractivity contribution in [1.82, 2.24) is 15.3 Å². The number of hydrogen-bond donors (Lipinski definition) is 2. The maximum Gasteiger partial charge on any atom is 0.340 e. The molecule has 0 unspecified atom stereocenters. The summed E-state index contributed by atoms with van der Waals surface area (Å²) in [5, 5.41) is 5.93. The van der Waals surface area contributed by atoms with Gasteiger partial charge in [-0.2, -0.15) is 0 Å². The number of para-hydroxylation sites is 1. The number of carbonyl (C=O) groups is 2. The predicted molar refractivity (Wildman–Crippen MR) is 105 cm³/mol. The lowest BCUT2D eigenvalue weighted by Gasteiger charge is -2.12. The molecule has 0 fully saturated rings. The molecule has 0 aliphatic heterocycles. The van der Waals surface area contributed by atoms with Gasteiger partial charge in [0, 0.05) is 18.1 Å². The largest absolute Gasteiger partial charge is 0.462 e. The average Bonchev–Trinajstić information content (AvgIpc) is 2.73. The van der Waals surface area contributed by atoms with Crippen molar-refractivity contribution in [2.45, 2.75) is 13.5 Å². The maximum absolute atomic E-state index is 12.4. The van der Waals surface area contributed by atoms with E-state index in [0.717, 1.165) is 5.69 Å². The summed E-state index contributed by atoms with van der Waals surface area (Å²) in [6.45, 7) is 2.36. The number of benzene rings is 1. The predicted octanol–water partition coefficient (Wildman–Crippen LogP) is 3.33. The Morgan fingerprint density at radius 2 is 1.82 bits per heavy atom. The van der Waals surface area contributed by atoms with Crippen molar-refractivity contribution < 1.29 is 14.3 Å². The third-order valence-electron chi connectivity index (χ3n) is 3.85. The summed E-state index contributed by atoms with van der Waals surface area (Å²) in [6, 6.07) is 15.9. The molecule has 0 saturated heterocycles. The summed E-state index contributed by atoms with van der Waals surface area (Å²) < 4.78 is 5.08. The van der Waals surface area contributed by atoms with Gasteiger partial charge >= 0.3 is 5.97 Å². The summed E-state index contributed by atoms with van der Waals surface area (Å²) in [7, 11) is 0. The molecule has 0 saturated carbocycles. The topological polar surface area (TPSA) is 93.2 Å². The van der Waals surface area contributed by atoms with E-state index >= 15 is 0 Å². The standard InChI is InChI=1S/C21H20N4O3/c1-2-28-21(27)17-8-3-4-9-18(17)25-15-10-12-23-19(13-15)20(26)24-14-16-7-5-6-11-22-16/h3-13H,2,14H2,1H3,(H,23,25)(H,24,26). The van der Waals surface area contributed by atoms with Crippen LogP contribution in [0.3, 0.4) is 0 Å². The number of amides is 1. The fraction of sp³-hybridized carbons (Fsp3) is 0.143. The fourth-order valence-electron chi connectivity index (χ4n) is 2.53. The first kappa shape index (κ1) is 19.0. The highest BCUT2D eigenvalue weighted by Gasteiger charge is 2.13.